The number of non-ortho nitro benzene ring substituents is 1. The Hall–Kier alpha value is -4.21. The number of nitro benzene ring substituents is 1. The lowest BCUT2D eigenvalue weighted by atomic mass is 10.0. The van der Waals surface area contributed by atoms with Crippen molar-refractivity contribution in [2.45, 2.75) is 12.5 Å². The zero-order chi connectivity index (χ0) is 21.8. The van der Waals surface area contributed by atoms with Crippen LogP contribution in [0.2, 0.25) is 0 Å². The molecule has 3 aromatic rings. The number of rotatable bonds is 7. The molecule has 3 N–H and O–H groups in total. The number of nitrogens with two attached hydrogens (primary N) is 1. The van der Waals surface area contributed by atoms with Gasteiger partial charge in [0.05, 0.1) is 12.0 Å². The summed E-state index contributed by atoms with van der Waals surface area (Å²) < 4.78 is 10.3. The Balaban J connectivity index is 1.90. The van der Waals surface area contributed by atoms with Gasteiger partial charge in [0.1, 0.15) is 17.4 Å². The Labute approximate surface area is 169 Å². The summed E-state index contributed by atoms with van der Waals surface area (Å²) in [6.45, 7) is 0. The van der Waals surface area contributed by atoms with Crippen molar-refractivity contribution < 1.29 is 23.7 Å². The molecule has 1 heterocycles. The number of benzene rings is 2. The third-order valence-electron chi connectivity index (χ3n) is 4.43. The van der Waals surface area contributed by atoms with Crippen molar-refractivity contribution in [3.8, 4) is 5.75 Å². The molecule has 0 bridgehead atoms. The number of amides is 2. The van der Waals surface area contributed by atoms with Crippen LogP contribution in [-0.2, 0) is 11.2 Å². The maximum Gasteiger partial charge on any atom is 0.336 e. The number of carbonyl (C=O) groups excluding carboxylic acids is 2. The van der Waals surface area contributed by atoms with E-state index in [0.717, 1.165) is 6.07 Å². The Morgan fingerprint density at radius 2 is 2.00 bits per heavy atom. The van der Waals surface area contributed by atoms with E-state index < -0.39 is 28.4 Å². The summed E-state index contributed by atoms with van der Waals surface area (Å²) in [4.78, 5) is 46.6. The molecule has 2 amide bonds. The van der Waals surface area contributed by atoms with Crippen LogP contribution in [0, 0.1) is 10.1 Å². The first-order valence-electron chi connectivity index (χ1n) is 8.74. The number of nitrogens with zero attached hydrogens (tertiary/aromatic N) is 1. The van der Waals surface area contributed by atoms with Crippen molar-refractivity contribution in [2.75, 3.05) is 7.11 Å². The second kappa shape index (κ2) is 8.43. The quantitative estimate of drug-likeness (QED) is 0.339. The lowest BCUT2D eigenvalue weighted by molar-refractivity contribution is -0.384. The summed E-state index contributed by atoms with van der Waals surface area (Å²) in [5.41, 5.74) is 5.22. The normalized spacial score (nSPS) is 11.6. The lowest BCUT2D eigenvalue weighted by Crippen LogP contribution is -2.46. The Bertz CT molecular complexity index is 1200. The molecule has 0 radical (unpaired) electrons. The van der Waals surface area contributed by atoms with Crippen molar-refractivity contribution in [1.29, 1.82) is 0 Å². The van der Waals surface area contributed by atoms with Gasteiger partial charge >= 0.3 is 5.63 Å². The monoisotopic (exact) mass is 411 g/mol. The van der Waals surface area contributed by atoms with Gasteiger partial charge in [-0.3, -0.25) is 19.7 Å². The van der Waals surface area contributed by atoms with Crippen molar-refractivity contribution in [3.63, 3.8) is 0 Å². The fourth-order valence-corrected chi connectivity index (χ4v) is 2.95. The summed E-state index contributed by atoms with van der Waals surface area (Å²) in [7, 11) is 1.47. The Kier molecular flexibility index (Phi) is 5.77. The van der Waals surface area contributed by atoms with E-state index >= 15 is 0 Å². The highest BCUT2D eigenvalue weighted by Crippen LogP contribution is 2.23. The highest BCUT2D eigenvalue weighted by atomic mass is 16.6. The molecule has 0 aliphatic rings. The summed E-state index contributed by atoms with van der Waals surface area (Å²) in [6, 6.07) is 9.96. The van der Waals surface area contributed by atoms with Gasteiger partial charge in [0.2, 0.25) is 5.91 Å². The number of fused-ring (bicyclic) bond motifs is 1. The third-order valence-corrected chi connectivity index (χ3v) is 4.43. The van der Waals surface area contributed by atoms with Crippen LogP contribution in [0.4, 0.5) is 5.69 Å². The van der Waals surface area contributed by atoms with E-state index in [2.05, 4.69) is 5.32 Å². The number of hydrogen-bond acceptors (Lipinski definition) is 7. The average Bonchev–Trinajstić information content (AvgIpc) is 2.72. The molecule has 0 saturated carbocycles. The molecule has 1 atom stereocenters. The van der Waals surface area contributed by atoms with Gasteiger partial charge in [-0.05, 0) is 23.8 Å². The van der Waals surface area contributed by atoms with Crippen LogP contribution in [0.15, 0.2) is 57.7 Å². The predicted octanol–water partition coefficient (Wildman–Crippen LogP) is 1.54. The molecular formula is C20H17N3O7. The topological polar surface area (TPSA) is 155 Å². The second-order valence-corrected chi connectivity index (χ2v) is 6.39. The minimum absolute atomic E-state index is 0.00220. The van der Waals surface area contributed by atoms with Crippen molar-refractivity contribution in [2.24, 2.45) is 5.73 Å². The standard InChI is InChI=1S/C20H17N3O7/c1-29-14-5-6-15-12(9-18(24)30-17(15)10-14)8-16(19(21)25)22-20(26)11-3-2-4-13(7-11)23(27)28/h2-7,9-10,16H,8H2,1H3,(H2,21,25)(H,22,26)/t16-/m0/s1. The van der Waals surface area contributed by atoms with Crippen molar-refractivity contribution in [3.05, 3.63) is 80.2 Å². The molecule has 1 aromatic heterocycles. The van der Waals surface area contributed by atoms with Gasteiger partial charge in [-0.15, -0.1) is 0 Å². The number of ether oxygens (including phenoxy) is 1. The van der Waals surface area contributed by atoms with Gasteiger partial charge in [0.25, 0.3) is 11.6 Å². The molecule has 0 fully saturated rings. The van der Waals surface area contributed by atoms with Crippen molar-refractivity contribution in [1.82, 2.24) is 5.32 Å². The zero-order valence-corrected chi connectivity index (χ0v) is 15.8. The number of nitro groups is 1. The van der Waals surface area contributed by atoms with Crippen LogP contribution in [0.5, 0.6) is 5.75 Å². The van der Waals surface area contributed by atoms with Gasteiger partial charge in [-0.25, -0.2) is 4.79 Å². The number of nitrogens with one attached hydrogen (secondary N) is 1. The fraction of sp³-hybridized carbons (Fsp3) is 0.150. The number of primary amides is 1. The molecule has 0 unspecified atom stereocenters. The number of carbonyl (C=O) groups is 2. The largest absolute Gasteiger partial charge is 0.497 e. The first kappa shape index (κ1) is 20.5. The minimum Gasteiger partial charge on any atom is -0.497 e. The minimum atomic E-state index is -1.16. The summed E-state index contributed by atoms with van der Waals surface area (Å²) >= 11 is 0. The first-order valence-corrected chi connectivity index (χ1v) is 8.74. The highest BCUT2D eigenvalue weighted by Gasteiger charge is 2.22. The fourth-order valence-electron chi connectivity index (χ4n) is 2.95. The zero-order valence-electron chi connectivity index (χ0n) is 15.8. The predicted molar refractivity (Wildman–Crippen MR) is 106 cm³/mol. The Morgan fingerprint density at radius 3 is 2.67 bits per heavy atom. The van der Waals surface area contributed by atoms with E-state index in [9.17, 15) is 24.5 Å². The van der Waals surface area contributed by atoms with E-state index in [1.165, 1.54) is 37.4 Å². The number of hydrogen-bond donors (Lipinski definition) is 2. The summed E-state index contributed by atoms with van der Waals surface area (Å²) in [5.74, 6) is -1.06. The third kappa shape index (κ3) is 4.43. The van der Waals surface area contributed by atoms with E-state index in [0.29, 0.717) is 16.7 Å². The summed E-state index contributed by atoms with van der Waals surface area (Å²) in [6.07, 6.45) is -0.0789. The van der Waals surface area contributed by atoms with Gasteiger partial charge in [0.15, 0.2) is 0 Å². The molecular weight excluding hydrogens is 394 g/mol. The van der Waals surface area contributed by atoms with Crippen LogP contribution >= 0.6 is 0 Å². The second-order valence-electron chi connectivity index (χ2n) is 6.39. The first-order chi connectivity index (χ1) is 14.3. The van der Waals surface area contributed by atoms with Gasteiger partial charge in [-0.1, -0.05) is 6.07 Å². The molecule has 10 heteroatoms. The molecule has 2 aromatic carbocycles. The van der Waals surface area contributed by atoms with E-state index in [4.69, 9.17) is 14.9 Å². The van der Waals surface area contributed by atoms with Gasteiger partial charge < -0.3 is 20.2 Å². The van der Waals surface area contributed by atoms with E-state index in [-0.39, 0.29) is 23.3 Å². The molecule has 0 aliphatic carbocycles. The molecule has 0 spiro atoms. The molecule has 0 aliphatic heterocycles. The summed E-state index contributed by atoms with van der Waals surface area (Å²) in [5, 5.41) is 13.9. The van der Waals surface area contributed by atoms with Crippen molar-refractivity contribution >= 4 is 28.5 Å². The molecule has 3 rings (SSSR count). The SMILES string of the molecule is COc1ccc2c(C[C@H](NC(=O)c3cccc([N+](=O)[O-])c3)C(N)=O)cc(=O)oc2c1. The Morgan fingerprint density at radius 1 is 1.23 bits per heavy atom. The van der Waals surface area contributed by atoms with Crippen LogP contribution in [0.1, 0.15) is 15.9 Å². The van der Waals surface area contributed by atoms with Gasteiger partial charge in [-0.2, -0.15) is 0 Å². The highest BCUT2D eigenvalue weighted by molar-refractivity contribution is 5.98. The van der Waals surface area contributed by atoms with Crippen LogP contribution in [0.3, 0.4) is 0 Å². The van der Waals surface area contributed by atoms with E-state index in [1.807, 2.05) is 0 Å². The maximum absolute atomic E-state index is 12.5. The average molecular weight is 411 g/mol. The van der Waals surface area contributed by atoms with Crippen LogP contribution < -0.4 is 21.4 Å². The van der Waals surface area contributed by atoms with Gasteiger partial charge in [0, 0.05) is 41.6 Å². The molecule has 10 nitrogen and oxygen atoms in total. The molecule has 154 valence electrons. The van der Waals surface area contributed by atoms with Crippen LogP contribution in [-0.4, -0.2) is 29.9 Å². The maximum atomic E-state index is 12.5. The molecule has 0 saturated heterocycles. The smallest absolute Gasteiger partial charge is 0.336 e. The van der Waals surface area contributed by atoms with E-state index in [1.54, 1.807) is 12.1 Å². The lowest BCUT2D eigenvalue weighted by Gasteiger charge is -2.16. The van der Waals surface area contributed by atoms with Crippen LogP contribution in [0.25, 0.3) is 11.0 Å². The number of methoxy groups -OCH3 is 1. The molecule has 30 heavy (non-hydrogen) atoms.